The molecule has 5 atom stereocenters. The molecule has 2 saturated carbocycles. The van der Waals surface area contributed by atoms with Crippen molar-refractivity contribution in [2.24, 2.45) is 16.3 Å². The Morgan fingerprint density at radius 2 is 1.74 bits per heavy atom. The second kappa shape index (κ2) is 18.5. The summed E-state index contributed by atoms with van der Waals surface area (Å²) in [6.07, 6.45) is 9.05. The first-order valence-corrected chi connectivity index (χ1v) is 26.0. The number of esters is 1. The number of thiazole rings is 1. The molecular weight excluding hydrogens is 899 g/mol. The number of amides is 1. The van der Waals surface area contributed by atoms with Gasteiger partial charge in [0.05, 0.1) is 67.5 Å². The lowest BCUT2D eigenvalue weighted by Gasteiger charge is -2.53. The van der Waals surface area contributed by atoms with Gasteiger partial charge in [0.25, 0.3) is 5.91 Å². The van der Waals surface area contributed by atoms with Crippen LogP contribution >= 0.6 is 11.3 Å². The lowest BCUT2D eigenvalue weighted by atomic mass is 9.67. The number of carbonyl (C=O) groups excluding carboxylic acids is 3. The van der Waals surface area contributed by atoms with Gasteiger partial charge in [-0.05, 0) is 68.2 Å². The van der Waals surface area contributed by atoms with Crippen LogP contribution < -0.4 is 10.3 Å². The zero-order valence-corrected chi connectivity index (χ0v) is 40.7. The summed E-state index contributed by atoms with van der Waals surface area (Å²) in [4.78, 5) is 63.7. The van der Waals surface area contributed by atoms with Crippen molar-refractivity contribution in [3.05, 3.63) is 52.1 Å². The number of aromatic nitrogens is 3. The zero-order chi connectivity index (χ0) is 47.0. The first-order valence-electron chi connectivity index (χ1n) is 25.2. The van der Waals surface area contributed by atoms with Crippen LogP contribution in [0.2, 0.25) is 0 Å². The Kier molecular flexibility index (Phi) is 12.2. The molecule has 18 heteroatoms. The highest BCUT2D eigenvalue weighted by Crippen LogP contribution is 2.58. The van der Waals surface area contributed by atoms with Gasteiger partial charge in [-0.2, -0.15) is 4.99 Å². The summed E-state index contributed by atoms with van der Waals surface area (Å²) in [6.45, 7) is 12.9. The Hall–Kier alpha value is -4.62. The maximum Gasteiger partial charge on any atom is 0.325 e. The van der Waals surface area contributed by atoms with Crippen LogP contribution in [0.4, 0.5) is 5.69 Å². The molecule has 9 aliphatic rings. The topological polar surface area (TPSA) is 165 Å². The van der Waals surface area contributed by atoms with E-state index in [0.29, 0.717) is 70.5 Å². The van der Waals surface area contributed by atoms with Gasteiger partial charge >= 0.3 is 5.97 Å². The summed E-state index contributed by atoms with van der Waals surface area (Å²) in [7, 11) is 1.76. The SMILES string of the molecule is CO[C@@H]1c2ncc(N3CCN(C4CC4)CC3)cc2-c2c3c4cc(ccc4n2CCOC2CCOCC2)-c2csc(n2)[C@@H](N2CCOCC2)C(N=C=O)C(=O)N2N[C@H](C(=O)OCC(C)(C)C31)C1CC2C1. The molecule has 7 fully saturated rings. The third-order valence-electron chi connectivity index (χ3n) is 16.4. The van der Waals surface area contributed by atoms with E-state index in [4.69, 9.17) is 33.7 Å². The van der Waals surface area contributed by atoms with Crippen molar-refractivity contribution in [3.63, 3.8) is 0 Å². The third-order valence-corrected chi connectivity index (χ3v) is 17.3. The second-order valence-corrected chi connectivity index (χ2v) is 21.9. The molecule has 5 saturated heterocycles. The van der Waals surface area contributed by atoms with E-state index in [0.717, 1.165) is 95.4 Å². The van der Waals surface area contributed by atoms with Crippen LogP contribution in [0.15, 0.2) is 40.8 Å². The number of anilines is 1. The monoisotopic (exact) mass is 961 g/mol. The van der Waals surface area contributed by atoms with Crippen molar-refractivity contribution in [3.8, 4) is 22.5 Å². The van der Waals surface area contributed by atoms with E-state index >= 15 is 0 Å². The summed E-state index contributed by atoms with van der Waals surface area (Å²) < 4.78 is 33.6. The molecule has 3 aliphatic carbocycles. The number of hydrazine groups is 1. The number of ether oxygens (including phenoxy) is 5. The highest BCUT2D eigenvalue weighted by atomic mass is 32.1. The molecule has 9 heterocycles. The Balaban J connectivity index is 1.03. The molecule has 8 bridgehead atoms. The fourth-order valence-electron chi connectivity index (χ4n) is 12.5. The molecule has 6 aliphatic heterocycles. The molecule has 3 aromatic heterocycles. The molecule has 1 N–H and O–H groups in total. The van der Waals surface area contributed by atoms with Gasteiger partial charge in [-0.25, -0.2) is 15.2 Å². The van der Waals surface area contributed by atoms with Crippen LogP contribution in [0.5, 0.6) is 0 Å². The van der Waals surface area contributed by atoms with Gasteiger partial charge in [0.1, 0.15) is 17.2 Å². The average Bonchev–Trinajstić information content (AvgIpc) is 4.03. The number of piperazine rings is 1. The predicted molar refractivity (Wildman–Crippen MR) is 257 cm³/mol. The maximum absolute atomic E-state index is 14.8. The number of fused-ring (bicyclic) bond motifs is 6. The second-order valence-electron chi connectivity index (χ2n) is 21.0. The number of rotatable bonds is 9. The fraction of sp³-hybridized carbons (Fsp3) is 0.627. The standard InChI is InChI=1S/C51H63N9O8S/c1-51(2)28-68-50(63)42-31-22-33(23-31)60(55-42)49(62)44(53-29-61)46(58-14-19-66-20-15-58)48-54-38(27-69-48)30-4-7-39-36(24-30)40-41(51)47(64-3)43-37(45(40)59(39)16-21-67-35-8-17-65-18-9-35)25-34(26-52-43)57-12-10-56(11-13-57)32-5-6-32/h4,7,24-27,31-33,35,41-42,44,46-47,55H,5-6,8-23,28H2,1-3H3/t31?,33?,41?,42-,44?,46-,47-/m0/s1. The minimum atomic E-state index is -1.15. The van der Waals surface area contributed by atoms with Crippen LogP contribution in [-0.4, -0.2) is 164 Å². The van der Waals surface area contributed by atoms with E-state index in [9.17, 15) is 14.4 Å². The summed E-state index contributed by atoms with van der Waals surface area (Å²) in [5, 5.41) is 5.30. The number of morpholine rings is 1. The van der Waals surface area contributed by atoms with E-state index < -0.39 is 41.5 Å². The Labute approximate surface area is 406 Å². The number of aliphatic imine (C=N–C) groups is 1. The van der Waals surface area contributed by atoms with Gasteiger partial charge in [0.15, 0.2) is 6.04 Å². The molecule has 4 aromatic rings. The molecule has 13 rings (SSSR count). The van der Waals surface area contributed by atoms with Crippen molar-refractivity contribution in [1.29, 1.82) is 0 Å². The Bertz CT molecular complexity index is 2640. The maximum atomic E-state index is 14.8. The van der Waals surface area contributed by atoms with Gasteiger partial charge in [0.2, 0.25) is 6.08 Å². The van der Waals surface area contributed by atoms with E-state index in [-0.39, 0.29) is 30.6 Å². The van der Waals surface area contributed by atoms with Crippen molar-refractivity contribution < 1.29 is 38.1 Å². The van der Waals surface area contributed by atoms with Crippen molar-refractivity contribution in [2.75, 3.05) is 90.9 Å². The molecule has 366 valence electrons. The van der Waals surface area contributed by atoms with Gasteiger partial charge in [-0.1, -0.05) is 19.9 Å². The molecule has 69 heavy (non-hydrogen) atoms. The van der Waals surface area contributed by atoms with Gasteiger partial charge in [-0.3, -0.25) is 29.4 Å². The first kappa shape index (κ1) is 45.5. The number of hydrogen-bond donors (Lipinski definition) is 1. The van der Waals surface area contributed by atoms with Crippen LogP contribution in [0.3, 0.4) is 0 Å². The van der Waals surface area contributed by atoms with E-state index in [1.807, 2.05) is 11.6 Å². The average molecular weight is 962 g/mol. The highest BCUT2D eigenvalue weighted by molar-refractivity contribution is 7.10. The normalized spacial score (nSPS) is 29.8. The van der Waals surface area contributed by atoms with Crippen LogP contribution in [0.1, 0.15) is 86.7 Å². The summed E-state index contributed by atoms with van der Waals surface area (Å²) in [5.41, 5.74) is 10.5. The van der Waals surface area contributed by atoms with E-state index in [1.54, 1.807) is 18.2 Å². The number of methoxy groups -OCH3 is 1. The van der Waals surface area contributed by atoms with Crippen LogP contribution in [0, 0.1) is 11.3 Å². The van der Waals surface area contributed by atoms with Gasteiger partial charge in [-0.15, -0.1) is 11.3 Å². The Morgan fingerprint density at radius 3 is 2.49 bits per heavy atom. The fourth-order valence-corrected chi connectivity index (χ4v) is 13.5. The van der Waals surface area contributed by atoms with Crippen LogP contribution in [-0.2, 0) is 44.6 Å². The largest absolute Gasteiger partial charge is 0.464 e. The third kappa shape index (κ3) is 8.23. The highest BCUT2D eigenvalue weighted by Gasteiger charge is 2.54. The number of nitrogens with one attached hydrogen (secondary N) is 1. The molecule has 0 spiro atoms. The predicted octanol–water partition coefficient (Wildman–Crippen LogP) is 5.25. The lowest BCUT2D eigenvalue weighted by molar-refractivity contribution is -0.171. The van der Waals surface area contributed by atoms with Crippen molar-refractivity contribution in [2.45, 2.75) is 107 Å². The summed E-state index contributed by atoms with van der Waals surface area (Å²) in [5.74, 6) is -1.12. The van der Waals surface area contributed by atoms with Crippen molar-refractivity contribution in [1.82, 2.24) is 34.8 Å². The minimum absolute atomic E-state index is 0.000411. The first-order chi connectivity index (χ1) is 33.7. The van der Waals surface area contributed by atoms with E-state index in [2.05, 4.69) is 67.8 Å². The molecule has 1 amide bonds. The molecule has 0 radical (unpaired) electrons. The number of benzene rings is 1. The zero-order valence-electron chi connectivity index (χ0n) is 39.8. The van der Waals surface area contributed by atoms with Crippen LogP contribution in [0.25, 0.3) is 33.4 Å². The number of isocyanates is 1. The number of carbonyl (C=O) groups is 2. The number of hydrogen-bond acceptors (Lipinski definition) is 16. The summed E-state index contributed by atoms with van der Waals surface area (Å²) >= 11 is 1.46. The summed E-state index contributed by atoms with van der Waals surface area (Å²) in [6, 6.07) is 6.93. The number of cyclic esters (lactones) is 1. The molecule has 2 unspecified atom stereocenters. The molecule has 1 aromatic carbocycles. The van der Waals surface area contributed by atoms with Gasteiger partial charge in [0, 0.05) is 117 Å². The van der Waals surface area contributed by atoms with Gasteiger partial charge < -0.3 is 33.2 Å². The Morgan fingerprint density at radius 1 is 0.957 bits per heavy atom. The smallest absolute Gasteiger partial charge is 0.325 e. The molecule has 17 nitrogen and oxygen atoms in total. The van der Waals surface area contributed by atoms with Crippen molar-refractivity contribution >= 4 is 45.9 Å². The number of pyridine rings is 1. The number of nitrogens with zero attached hydrogens (tertiary/aromatic N) is 8. The van der Waals surface area contributed by atoms with E-state index in [1.165, 1.54) is 24.2 Å². The lowest BCUT2D eigenvalue weighted by Crippen LogP contribution is -2.71. The minimum Gasteiger partial charge on any atom is -0.464 e. The molecular formula is C51H63N9O8S. The quantitative estimate of drug-likeness (QED) is 0.132.